The molecule has 0 aliphatic carbocycles. The van der Waals surface area contributed by atoms with Gasteiger partial charge in [-0.3, -0.25) is 4.90 Å². The molecule has 1 aliphatic rings. The van der Waals surface area contributed by atoms with Crippen LogP contribution in [0.2, 0.25) is 0 Å². The number of hydrogen-bond donors (Lipinski definition) is 1. The number of likely N-dealkylation sites (tertiary alicyclic amines) is 1. The Morgan fingerprint density at radius 2 is 1.71 bits per heavy atom. The minimum absolute atomic E-state index is 0.443. The lowest BCUT2D eigenvalue weighted by Gasteiger charge is -2.44. The van der Waals surface area contributed by atoms with Crippen molar-refractivity contribution < 1.29 is 0 Å². The molecule has 2 heteroatoms. The van der Waals surface area contributed by atoms with Gasteiger partial charge in [-0.15, -0.1) is 0 Å². The molecular formula is C12H26N2. The molecule has 1 N–H and O–H groups in total. The predicted octanol–water partition coefficient (Wildman–Crippen LogP) is 2.25. The molecule has 0 unspecified atom stereocenters. The Morgan fingerprint density at radius 3 is 2.07 bits per heavy atom. The molecule has 2 nitrogen and oxygen atoms in total. The highest BCUT2D eigenvalue weighted by Crippen LogP contribution is 2.26. The van der Waals surface area contributed by atoms with Gasteiger partial charge >= 0.3 is 0 Å². The summed E-state index contributed by atoms with van der Waals surface area (Å²) in [5.41, 5.74) is 0.443. The number of nitrogens with one attached hydrogen (secondary N) is 1. The summed E-state index contributed by atoms with van der Waals surface area (Å²) in [5.74, 6) is 0. The molecule has 0 aromatic heterocycles. The van der Waals surface area contributed by atoms with E-state index >= 15 is 0 Å². The van der Waals surface area contributed by atoms with E-state index in [1.54, 1.807) is 0 Å². The lowest BCUT2D eigenvalue weighted by molar-refractivity contribution is 0.0639. The van der Waals surface area contributed by atoms with Crippen LogP contribution in [0.15, 0.2) is 0 Å². The highest BCUT2D eigenvalue weighted by molar-refractivity contribution is 4.88. The van der Waals surface area contributed by atoms with Crippen molar-refractivity contribution in [3.63, 3.8) is 0 Å². The predicted molar refractivity (Wildman–Crippen MR) is 62.6 cm³/mol. The number of nitrogens with zero attached hydrogens (tertiary/aromatic N) is 1. The van der Waals surface area contributed by atoms with Crippen molar-refractivity contribution in [1.82, 2.24) is 10.2 Å². The van der Waals surface area contributed by atoms with E-state index in [1.807, 2.05) is 0 Å². The maximum atomic E-state index is 3.39. The van der Waals surface area contributed by atoms with Crippen molar-refractivity contribution in [2.45, 2.75) is 58.0 Å². The number of rotatable bonds is 4. The highest BCUT2D eigenvalue weighted by Gasteiger charge is 2.30. The van der Waals surface area contributed by atoms with Crippen LogP contribution in [0.1, 0.15) is 46.5 Å². The average molecular weight is 198 g/mol. The van der Waals surface area contributed by atoms with Gasteiger partial charge in [0.05, 0.1) is 0 Å². The van der Waals surface area contributed by atoms with Crippen LogP contribution in [-0.2, 0) is 0 Å². The fraction of sp³-hybridized carbons (Fsp3) is 1.00. The van der Waals surface area contributed by atoms with Crippen molar-refractivity contribution in [3.05, 3.63) is 0 Å². The van der Waals surface area contributed by atoms with Crippen molar-refractivity contribution in [1.29, 1.82) is 0 Å². The van der Waals surface area contributed by atoms with E-state index in [4.69, 9.17) is 0 Å². The smallest absolute Gasteiger partial charge is 0.0176 e. The minimum atomic E-state index is 0.443. The Bertz CT molecular complexity index is 156. The fourth-order valence-corrected chi connectivity index (χ4v) is 2.41. The van der Waals surface area contributed by atoms with Crippen LogP contribution in [0.25, 0.3) is 0 Å². The van der Waals surface area contributed by atoms with Crippen molar-refractivity contribution in [2.75, 3.05) is 20.1 Å². The van der Waals surface area contributed by atoms with E-state index in [9.17, 15) is 0 Å². The van der Waals surface area contributed by atoms with Gasteiger partial charge in [-0.1, -0.05) is 13.8 Å². The third-order valence-electron chi connectivity index (χ3n) is 4.19. The maximum Gasteiger partial charge on any atom is 0.0176 e. The monoisotopic (exact) mass is 198 g/mol. The van der Waals surface area contributed by atoms with Crippen LogP contribution in [0.5, 0.6) is 0 Å². The maximum absolute atomic E-state index is 3.39. The normalized spacial score (nSPS) is 21.4. The second-order valence-electron chi connectivity index (χ2n) is 4.75. The van der Waals surface area contributed by atoms with Gasteiger partial charge in [-0.2, -0.15) is 0 Å². The summed E-state index contributed by atoms with van der Waals surface area (Å²) in [4.78, 5) is 2.68. The summed E-state index contributed by atoms with van der Waals surface area (Å²) in [6.45, 7) is 9.57. The zero-order valence-corrected chi connectivity index (χ0v) is 10.3. The van der Waals surface area contributed by atoms with Crippen LogP contribution >= 0.6 is 0 Å². The molecule has 0 aromatic rings. The second-order valence-corrected chi connectivity index (χ2v) is 4.75. The fourth-order valence-electron chi connectivity index (χ4n) is 2.41. The summed E-state index contributed by atoms with van der Waals surface area (Å²) in [6, 6.07) is 0.754. The van der Waals surface area contributed by atoms with Gasteiger partial charge in [-0.05, 0) is 39.7 Å². The van der Waals surface area contributed by atoms with E-state index in [0.717, 1.165) is 6.04 Å². The standard InChI is InChI=1S/C12H26N2/c1-5-12(3,6-2)14-9-7-11(13-4)8-10-14/h11,13H,5-10H2,1-4H3. The van der Waals surface area contributed by atoms with Gasteiger partial charge in [0.25, 0.3) is 0 Å². The van der Waals surface area contributed by atoms with Gasteiger partial charge in [0.1, 0.15) is 0 Å². The van der Waals surface area contributed by atoms with Crippen LogP contribution < -0.4 is 5.32 Å². The number of piperidine rings is 1. The van der Waals surface area contributed by atoms with E-state index in [0.29, 0.717) is 5.54 Å². The highest BCUT2D eigenvalue weighted by atomic mass is 15.2. The molecule has 1 saturated heterocycles. The van der Waals surface area contributed by atoms with Crippen LogP contribution in [0, 0.1) is 0 Å². The lowest BCUT2D eigenvalue weighted by atomic mass is 9.90. The lowest BCUT2D eigenvalue weighted by Crippen LogP contribution is -2.51. The topological polar surface area (TPSA) is 15.3 Å². The Balaban J connectivity index is 2.47. The quantitative estimate of drug-likeness (QED) is 0.745. The average Bonchev–Trinajstić information content (AvgIpc) is 2.28. The van der Waals surface area contributed by atoms with E-state index in [2.05, 4.69) is 38.0 Å². The summed E-state index contributed by atoms with van der Waals surface area (Å²) in [7, 11) is 2.08. The molecular weight excluding hydrogens is 172 g/mol. The van der Waals surface area contributed by atoms with E-state index < -0.39 is 0 Å². The Hall–Kier alpha value is -0.0800. The first-order valence-electron chi connectivity index (χ1n) is 6.08. The van der Waals surface area contributed by atoms with Gasteiger partial charge in [0.15, 0.2) is 0 Å². The van der Waals surface area contributed by atoms with E-state index in [-0.39, 0.29) is 0 Å². The summed E-state index contributed by atoms with van der Waals surface area (Å²) in [6.07, 6.45) is 5.17. The summed E-state index contributed by atoms with van der Waals surface area (Å²) in [5, 5.41) is 3.39. The van der Waals surface area contributed by atoms with Gasteiger partial charge < -0.3 is 5.32 Å². The van der Waals surface area contributed by atoms with Gasteiger partial charge in [0.2, 0.25) is 0 Å². The first-order chi connectivity index (χ1) is 6.66. The van der Waals surface area contributed by atoms with Gasteiger partial charge in [-0.25, -0.2) is 0 Å². The molecule has 1 heterocycles. The van der Waals surface area contributed by atoms with Crippen molar-refractivity contribution in [3.8, 4) is 0 Å². The zero-order valence-electron chi connectivity index (χ0n) is 10.3. The molecule has 0 saturated carbocycles. The van der Waals surface area contributed by atoms with E-state index in [1.165, 1.54) is 38.8 Å². The molecule has 84 valence electrons. The number of hydrogen-bond acceptors (Lipinski definition) is 2. The molecule has 0 spiro atoms. The van der Waals surface area contributed by atoms with Crippen molar-refractivity contribution >= 4 is 0 Å². The Kier molecular flexibility index (Phi) is 4.39. The second kappa shape index (κ2) is 5.13. The SMILES string of the molecule is CCC(C)(CC)N1CCC(NC)CC1. The molecule has 0 amide bonds. The molecule has 0 radical (unpaired) electrons. The first kappa shape index (κ1) is 12.0. The zero-order chi connectivity index (χ0) is 10.6. The molecule has 0 bridgehead atoms. The molecule has 0 atom stereocenters. The van der Waals surface area contributed by atoms with Crippen LogP contribution in [-0.4, -0.2) is 36.6 Å². The first-order valence-corrected chi connectivity index (χ1v) is 6.08. The molecule has 1 fully saturated rings. The molecule has 14 heavy (non-hydrogen) atoms. The third-order valence-corrected chi connectivity index (χ3v) is 4.19. The van der Waals surface area contributed by atoms with Crippen LogP contribution in [0.4, 0.5) is 0 Å². The summed E-state index contributed by atoms with van der Waals surface area (Å²) < 4.78 is 0. The van der Waals surface area contributed by atoms with Crippen molar-refractivity contribution in [2.24, 2.45) is 0 Å². The Morgan fingerprint density at radius 1 is 1.21 bits per heavy atom. The molecule has 0 aromatic carbocycles. The Labute approximate surface area is 89.1 Å². The molecule has 1 rings (SSSR count). The largest absolute Gasteiger partial charge is 0.317 e. The van der Waals surface area contributed by atoms with Crippen LogP contribution in [0.3, 0.4) is 0 Å². The molecule has 1 aliphatic heterocycles. The summed E-state index contributed by atoms with van der Waals surface area (Å²) >= 11 is 0. The minimum Gasteiger partial charge on any atom is -0.317 e. The third kappa shape index (κ3) is 2.48. The van der Waals surface area contributed by atoms with Gasteiger partial charge in [0, 0.05) is 24.7 Å².